The number of halogens is 1. The van der Waals surface area contributed by atoms with E-state index in [0.717, 1.165) is 37.3 Å². The van der Waals surface area contributed by atoms with Crippen molar-refractivity contribution < 1.29 is 9.59 Å². The van der Waals surface area contributed by atoms with Crippen molar-refractivity contribution in [1.29, 1.82) is 0 Å². The molecule has 2 heterocycles. The number of aromatic amines is 1. The number of piperazine rings is 1. The Labute approximate surface area is 174 Å². The van der Waals surface area contributed by atoms with Crippen molar-refractivity contribution in [2.75, 3.05) is 36.4 Å². The van der Waals surface area contributed by atoms with Gasteiger partial charge in [-0.3, -0.25) is 10.1 Å². The van der Waals surface area contributed by atoms with E-state index in [0.29, 0.717) is 10.9 Å². The molecule has 0 saturated carbocycles. The zero-order valence-corrected chi connectivity index (χ0v) is 16.5. The molecule has 1 aliphatic rings. The number of nitrogens with zero attached hydrogens (tertiary/aromatic N) is 1. The summed E-state index contributed by atoms with van der Waals surface area (Å²) in [6.07, 6.45) is 0. The molecule has 7 N–H and O–H groups in total. The monoisotopic (exact) mass is 414 g/mol. The quantitative estimate of drug-likeness (QED) is 0.448. The summed E-state index contributed by atoms with van der Waals surface area (Å²) in [4.78, 5) is 28.4. The minimum Gasteiger partial charge on any atom is -0.369 e. The van der Waals surface area contributed by atoms with Crippen molar-refractivity contribution >= 4 is 46.8 Å². The van der Waals surface area contributed by atoms with Gasteiger partial charge in [-0.2, -0.15) is 0 Å². The number of rotatable bonds is 4. The van der Waals surface area contributed by atoms with Gasteiger partial charge < -0.3 is 26.7 Å². The van der Waals surface area contributed by atoms with Crippen molar-refractivity contribution in [2.45, 2.75) is 0 Å². The molecule has 1 fully saturated rings. The topological polar surface area (TPSA) is 129 Å². The minimum absolute atomic E-state index is 0. The van der Waals surface area contributed by atoms with Crippen LogP contribution in [0.1, 0.15) is 10.4 Å². The van der Waals surface area contributed by atoms with Crippen LogP contribution in [0.4, 0.5) is 16.3 Å². The van der Waals surface area contributed by atoms with E-state index in [1.165, 1.54) is 5.69 Å². The molecule has 4 rings (SSSR count). The van der Waals surface area contributed by atoms with Gasteiger partial charge in [-0.25, -0.2) is 4.79 Å². The van der Waals surface area contributed by atoms with Crippen LogP contribution >= 0.6 is 12.4 Å². The van der Waals surface area contributed by atoms with E-state index in [9.17, 15) is 9.59 Å². The Balaban J connectivity index is 0.00000240. The molecule has 0 bridgehead atoms. The van der Waals surface area contributed by atoms with Crippen LogP contribution in [-0.2, 0) is 0 Å². The first-order valence-corrected chi connectivity index (χ1v) is 9.11. The standard InChI is InChI=1S/C20H22N6O2.ClH/c21-18(27)17-15-6-3-13(11-16(15)24-19(17)25-20(22)28)12-1-4-14(5-2-12)26-9-7-23-8-10-26;/h1-6,11,23-24H,7-10H2,(H2,21,27)(H3,22,25,28);1H. The maximum absolute atomic E-state index is 11.8. The third-order valence-electron chi connectivity index (χ3n) is 4.98. The summed E-state index contributed by atoms with van der Waals surface area (Å²) in [5.74, 6) is -0.427. The molecule has 1 aromatic heterocycles. The van der Waals surface area contributed by atoms with Gasteiger partial charge in [-0.15, -0.1) is 12.4 Å². The Morgan fingerprint density at radius 3 is 2.24 bits per heavy atom. The van der Waals surface area contributed by atoms with Crippen LogP contribution in [0.2, 0.25) is 0 Å². The van der Waals surface area contributed by atoms with Crippen LogP contribution < -0.4 is 27.0 Å². The zero-order chi connectivity index (χ0) is 19.7. The molecule has 0 aliphatic carbocycles. The normalized spacial score (nSPS) is 13.7. The van der Waals surface area contributed by atoms with Crippen LogP contribution in [0, 0.1) is 0 Å². The smallest absolute Gasteiger partial charge is 0.317 e. The number of hydrogen-bond donors (Lipinski definition) is 5. The Bertz CT molecular complexity index is 1040. The van der Waals surface area contributed by atoms with Gasteiger partial charge in [0.2, 0.25) is 0 Å². The third-order valence-corrected chi connectivity index (χ3v) is 4.98. The van der Waals surface area contributed by atoms with Gasteiger partial charge in [-0.1, -0.05) is 24.3 Å². The summed E-state index contributed by atoms with van der Waals surface area (Å²) < 4.78 is 0. The van der Waals surface area contributed by atoms with Crippen LogP contribution in [0.15, 0.2) is 42.5 Å². The van der Waals surface area contributed by atoms with Crippen molar-refractivity contribution in [3.8, 4) is 11.1 Å². The Kier molecular flexibility index (Phi) is 5.95. The molecule has 3 amide bonds. The highest BCUT2D eigenvalue weighted by Crippen LogP contribution is 2.31. The summed E-state index contributed by atoms with van der Waals surface area (Å²) in [5.41, 5.74) is 14.8. The predicted molar refractivity (Wildman–Crippen MR) is 118 cm³/mol. The second-order valence-corrected chi connectivity index (χ2v) is 6.77. The summed E-state index contributed by atoms with van der Waals surface area (Å²) in [6, 6.07) is 13.3. The zero-order valence-electron chi connectivity index (χ0n) is 15.7. The number of fused-ring (bicyclic) bond motifs is 1. The molecule has 0 radical (unpaired) electrons. The molecule has 29 heavy (non-hydrogen) atoms. The number of benzene rings is 2. The van der Waals surface area contributed by atoms with Gasteiger partial charge in [0.15, 0.2) is 0 Å². The predicted octanol–water partition coefficient (Wildman–Crippen LogP) is 2.26. The SMILES string of the molecule is Cl.NC(=O)Nc1[nH]c2cc(-c3ccc(N4CCNCC4)cc3)ccc2c1C(N)=O. The maximum atomic E-state index is 11.8. The van der Waals surface area contributed by atoms with E-state index < -0.39 is 11.9 Å². The molecule has 152 valence electrons. The highest BCUT2D eigenvalue weighted by Gasteiger charge is 2.18. The van der Waals surface area contributed by atoms with E-state index in [1.54, 1.807) is 0 Å². The van der Waals surface area contributed by atoms with Crippen LogP contribution in [-0.4, -0.2) is 43.1 Å². The van der Waals surface area contributed by atoms with Gasteiger partial charge in [-0.05, 0) is 29.3 Å². The highest BCUT2D eigenvalue weighted by atomic mass is 35.5. The van der Waals surface area contributed by atoms with E-state index in [1.807, 2.05) is 18.2 Å². The number of carbonyl (C=O) groups excluding carboxylic acids is 2. The average molecular weight is 415 g/mol. The Hall–Kier alpha value is -3.23. The molecule has 8 nitrogen and oxygen atoms in total. The molecule has 3 aromatic rings. The molecule has 0 unspecified atom stereocenters. The van der Waals surface area contributed by atoms with Crippen molar-refractivity contribution in [1.82, 2.24) is 10.3 Å². The summed E-state index contributed by atoms with van der Waals surface area (Å²) >= 11 is 0. The second-order valence-electron chi connectivity index (χ2n) is 6.77. The number of aromatic nitrogens is 1. The van der Waals surface area contributed by atoms with Crippen LogP contribution in [0.25, 0.3) is 22.0 Å². The van der Waals surface area contributed by atoms with Gasteiger partial charge in [0, 0.05) is 42.8 Å². The van der Waals surface area contributed by atoms with E-state index in [2.05, 4.69) is 44.8 Å². The van der Waals surface area contributed by atoms with E-state index >= 15 is 0 Å². The number of anilines is 2. The number of urea groups is 1. The largest absolute Gasteiger partial charge is 0.369 e. The van der Waals surface area contributed by atoms with Gasteiger partial charge in [0.05, 0.1) is 5.56 Å². The number of nitrogens with two attached hydrogens (primary N) is 2. The Morgan fingerprint density at radius 2 is 1.62 bits per heavy atom. The number of primary amides is 2. The lowest BCUT2D eigenvalue weighted by atomic mass is 10.0. The molecule has 1 aliphatic heterocycles. The summed E-state index contributed by atoms with van der Waals surface area (Å²) in [6.45, 7) is 3.99. The van der Waals surface area contributed by atoms with E-state index in [4.69, 9.17) is 11.5 Å². The maximum Gasteiger partial charge on any atom is 0.317 e. The molecule has 9 heteroatoms. The van der Waals surface area contributed by atoms with Crippen molar-refractivity contribution in [3.63, 3.8) is 0 Å². The number of hydrogen-bond acceptors (Lipinski definition) is 4. The fourth-order valence-corrected chi connectivity index (χ4v) is 3.64. The molecular formula is C20H23ClN6O2. The van der Waals surface area contributed by atoms with Gasteiger partial charge >= 0.3 is 6.03 Å². The molecule has 2 aromatic carbocycles. The first-order valence-electron chi connectivity index (χ1n) is 9.11. The van der Waals surface area contributed by atoms with Crippen molar-refractivity contribution in [2.24, 2.45) is 11.5 Å². The third kappa shape index (κ3) is 4.13. The Morgan fingerprint density at radius 1 is 0.966 bits per heavy atom. The molecule has 1 saturated heterocycles. The number of carbonyl (C=O) groups is 2. The molecule has 0 atom stereocenters. The van der Waals surface area contributed by atoms with E-state index in [-0.39, 0.29) is 23.8 Å². The fourth-order valence-electron chi connectivity index (χ4n) is 3.64. The minimum atomic E-state index is -0.766. The first-order chi connectivity index (χ1) is 13.5. The summed E-state index contributed by atoms with van der Waals surface area (Å²) in [5, 5.41) is 6.41. The number of H-pyrrole nitrogens is 1. The number of nitrogens with one attached hydrogen (secondary N) is 3. The lowest BCUT2D eigenvalue weighted by Crippen LogP contribution is -2.43. The van der Waals surface area contributed by atoms with Crippen LogP contribution in [0.3, 0.4) is 0 Å². The second kappa shape index (κ2) is 8.42. The lowest BCUT2D eigenvalue weighted by Gasteiger charge is -2.29. The highest BCUT2D eigenvalue weighted by molar-refractivity contribution is 6.13. The van der Waals surface area contributed by atoms with Gasteiger partial charge in [0.25, 0.3) is 5.91 Å². The summed E-state index contributed by atoms with van der Waals surface area (Å²) in [7, 11) is 0. The lowest BCUT2D eigenvalue weighted by molar-refractivity contribution is 0.100. The number of amides is 3. The van der Waals surface area contributed by atoms with Gasteiger partial charge in [0.1, 0.15) is 5.82 Å². The molecule has 0 spiro atoms. The average Bonchev–Trinajstić information content (AvgIpc) is 3.05. The molecular weight excluding hydrogens is 392 g/mol. The van der Waals surface area contributed by atoms with Crippen molar-refractivity contribution in [3.05, 3.63) is 48.0 Å². The van der Waals surface area contributed by atoms with Crippen LogP contribution in [0.5, 0.6) is 0 Å². The first kappa shape index (κ1) is 20.5. The fraction of sp³-hybridized carbons (Fsp3) is 0.200.